The van der Waals surface area contributed by atoms with Crippen LogP contribution in [0.2, 0.25) is 0 Å². The zero-order chi connectivity index (χ0) is 16.8. The molecule has 3 aromatic rings. The van der Waals surface area contributed by atoms with Crippen molar-refractivity contribution in [1.82, 2.24) is 19.9 Å². The fourth-order valence-electron chi connectivity index (χ4n) is 3.55. The van der Waals surface area contributed by atoms with Gasteiger partial charge in [0.2, 0.25) is 5.91 Å². The molecule has 3 heterocycles. The summed E-state index contributed by atoms with van der Waals surface area (Å²) in [6.45, 7) is 1.27. The Kier molecular flexibility index (Phi) is 3.09. The highest BCUT2D eigenvalue weighted by molar-refractivity contribution is 5.90. The van der Waals surface area contributed by atoms with Crippen LogP contribution in [-0.2, 0) is 4.79 Å². The number of ether oxygens (including phenoxy) is 1. The molecule has 1 aromatic heterocycles. The SMILES string of the molecule is O=C(C1c2ccccc2Oc2ccccc21)N1CC(n2nccn2)C1. The van der Waals surface area contributed by atoms with Crippen molar-refractivity contribution in [2.45, 2.75) is 12.0 Å². The van der Waals surface area contributed by atoms with E-state index in [1.165, 1.54) is 0 Å². The lowest BCUT2D eigenvalue weighted by molar-refractivity contribution is -0.138. The Hall–Kier alpha value is -3.15. The predicted octanol–water partition coefficient (Wildman–Crippen LogP) is 2.60. The third-order valence-corrected chi connectivity index (χ3v) is 4.86. The quantitative estimate of drug-likeness (QED) is 0.724. The number of likely N-dealkylation sites (tertiary alicyclic amines) is 1. The third-order valence-electron chi connectivity index (χ3n) is 4.86. The molecule has 1 fully saturated rings. The minimum atomic E-state index is -0.326. The number of carbonyl (C=O) groups excluding carboxylic acids is 1. The molecule has 124 valence electrons. The van der Waals surface area contributed by atoms with E-state index in [0.29, 0.717) is 13.1 Å². The van der Waals surface area contributed by atoms with Crippen LogP contribution in [0.25, 0.3) is 0 Å². The van der Waals surface area contributed by atoms with Crippen LogP contribution in [-0.4, -0.2) is 38.9 Å². The normalized spacial score (nSPS) is 16.6. The third kappa shape index (κ3) is 2.21. The standard InChI is InChI=1S/C19H16N4O2/c24-19(22-11-13(12-22)23-20-9-10-21-23)18-14-5-1-3-7-16(14)25-17-8-4-2-6-15(17)18/h1-10,13,18H,11-12H2. The van der Waals surface area contributed by atoms with Gasteiger partial charge < -0.3 is 9.64 Å². The maximum absolute atomic E-state index is 13.2. The molecular formula is C19H16N4O2. The van der Waals surface area contributed by atoms with Crippen LogP contribution in [0.1, 0.15) is 23.1 Å². The minimum absolute atomic E-state index is 0.103. The largest absolute Gasteiger partial charge is 0.457 e. The Balaban J connectivity index is 1.46. The van der Waals surface area contributed by atoms with Crippen LogP contribution in [0.15, 0.2) is 60.9 Å². The van der Waals surface area contributed by atoms with E-state index in [1.807, 2.05) is 53.4 Å². The molecule has 0 N–H and O–H groups in total. The summed E-state index contributed by atoms with van der Waals surface area (Å²) in [7, 11) is 0. The first kappa shape index (κ1) is 14.2. The van der Waals surface area contributed by atoms with Crippen molar-refractivity contribution in [3.63, 3.8) is 0 Å². The van der Waals surface area contributed by atoms with Gasteiger partial charge in [0.05, 0.1) is 18.3 Å². The summed E-state index contributed by atoms with van der Waals surface area (Å²) in [5.41, 5.74) is 1.85. The van der Waals surface area contributed by atoms with E-state index in [0.717, 1.165) is 22.6 Å². The van der Waals surface area contributed by atoms with Crippen molar-refractivity contribution >= 4 is 5.91 Å². The van der Waals surface area contributed by atoms with Gasteiger partial charge in [0.15, 0.2) is 0 Å². The highest BCUT2D eigenvalue weighted by Gasteiger charge is 2.40. The zero-order valence-electron chi connectivity index (χ0n) is 13.4. The molecule has 6 heteroatoms. The summed E-state index contributed by atoms with van der Waals surface area (Å²) in [5.74, 6) is 1.29. The second-order valence-corrected chi connectivity index (χ2v) is 6.36. The van der Waals surface area contributed by atoms with E-state index < -0.39 is 0 Å². The molecule has 2 aliphatic heterocycles. The van der Waals surface area contributed by atoms with E-state index in [-0.39, 0.29) is 17.9 Å². The summed E-state index contributed by atoms with van der Waals surface area (Å²) in [4.78, 5) is 16.8. The Labute approximate surface area is 144 Å². The molecule has 0 bridgehead atoms. The fraction of sp³-hybridized carbons (Fsp3) is 0.211. The molecule has 2 aromatic carbocycles. The number of rotatable bonds is 2. The number of aromatic nitrogens is 3. The van der Waals surface area contributed by atoms with Gasteiger partial charge in [0.1, 0.15) is 17.5 Å². The number of hydrogen-bond donors (Lipinski definition) is 0. The lowest BCUT2D eigenvalue weighted by Crippen LogP contribution is -2.53. The summed E-state index contributed by atoms with van der Waals surface area (Å²) >= 11 is 0. The lowest BCUT2D eigenvalue weighted by atomic mass is 9.86. The van der Waals surface area contributed by atoms with Gasteiger partial charge in [0, 0.05) is 24.2 Å². The van der Waals surface area contributed by atoms with Crippen molar-refractivity contribution in [2.75, 3.05) is 13.1 Å². The number of amides is 1. The number of nitrogens with zero attached hydrogens (tertiary/aromatic N) is 4. The highest BCUT2D eigenvalue weighted by atomic mass is 16.5. The molecule has 25 heavy (non-hydrogen) atoms. The summed E-state index contributed by atoms with van der Waals surface area (Å²) in [5, 5.41) is 8.33. The minimum Gasteiger partial charge on any atom is -0.457 e. The first-order valence-electron chi connectivity index (χ1n) is 8.31. The lowest BCUT2D eigenvalue weighted by Gasteiger charge is -2.41. The van der Waals surface area contributed by atoms with Gasteiger partial charge in [-0.25, -0.2) is 0 Å². The summed E-state index contributed by atoms with van der Waals surface area (Å²) < 4.78 is 5.97. The molecular weight excluding hydrogens is 316 g/mol. The molecule has 1 amide bonds. The molecule has 6 nitrogen and oxygen atoms in total. The topological polar surface area (TPSA) is 60.2 Å². The number of fused-ring (bicyclic) bond motifs is 2. The van der Waals surface area contributed by atoms with Crippen molar-refractivity contribution in [3.05, 3.63) is 72.1 Å². The second-order valence-electron chi connectivity index (χ2n) is 6.36. The first-order valence-corrected chi connectivity index (χ1v) is 8.31. The van der Waals surface area contributed by atoms with E-state index in [1.54, 1.807) is 17.2 Å². The van der Waals surface area contributed by atoms with Crippen LogP contribution < -0.4 is 4.74 Å². The van der Waals surface area contributed by atoms with Crippen LogP contribution >= 0.6 is 0 Å². The molecule has 0 spiro atoms. The van der Waals surface area contributed by atoms with Crippen molar-refractivity contribution in [3.8, 4) is 11.5 Å². The van der Waals surface area contributed by atoms with Gasteiger partial charge in [0.25, 0.3) is 0 Å². The Bertz CT molecular complexity index is 887. The molecule has 0 atom stereocenters. The van der Waals surface area contributed by atoms with Crippen LogP contribution in [0.3, 0.4) is 0 Å². The van der Waals surface area contributed by atoms with Crippen molar-refractivity contribution in [2.24, 2.45) is 0 Å². The number of benzene rings is 2. The summed E-state index contributed by atoms with van der Waals surface area (Å²) in [6.07, 6.45) is 3.32. The van der Waals surface area contributed by atoms with Gasteiger partial charge in [-0.2, -0.15) is 15.0 Å². The van der Waals surface area contributed by atoms with E-state index >= 15 is 0 Å². The molecule has 0 radical (unpaired) electrons. The monoisotopic (exact) mass is 332 g/mol. The number of hydrogen-bond acceptors (Lipinski definition) is 4. The number of carbonyl (C=O) groups is 1. The molecule has 0 unspecified atom stereocenters. The zero-order valence-corrected chi connectivity index (χ0v) is 13.4. The van der Waals surface area contributed by atoms with Crippen LogP contribution in [0.5, 0.6) is 11.5 Å². The maximum Gasteiger partial charge on any atom is 0.235 e. The van der Waals surface area contributed by atoms with Crippen LogP contribution in [0.4, 0.5) is 0 Å². The summed E-state index contributed by atoms with van der Waals surface area (Å²) in [6, 6.07) is 15.7. The maximum atomic E-state index is 13.2. The Morgan fingerprint density at radius 2 is 1.48 bits per heavy atom. The van der Waals surface area contributed by atoms with E-state index in [9.17, 15) is 4.79 Å². The van der Waals surface area contributed by atoms with E-state index in [2.05, 4.69) is 10.2 Å². The Morgan fingerprint density at radius 1 is 0.920 bits per heavy atom. The van der Waals surface area contributed by atoms with Gasteiger partial charge >= 0.3 is 0 Å². The molecule has 0 aliphatic carbocycles. The van der Waals surface area contributed by atoms with Gasteiger partial charge in [-0.05, 0) is 12.1 Å². The van der Waals surface area contributed by atoms with Crippen molar-refractivity contribution < 1.29 is 9.53 Å². The van der Waals surface area contributed by atoms with Gasteiger partial charge in [-0.3, -0.25) is 4.79 Å². The average Bonchev–Trinajstić information content (AvgIpc) is 3.12. The number of para-hydroxylation sites is 2. The first-order chi connectivity index (χ1) is 12.3. The average molecular weight is 332 g/mol. The highest BCUT2D eigenvalue weighted by Crippen LogP contribution is 2.45. The predicted molar refractivity (Wildman–Crippen MR) is 90.4 cm³/mol. The fourth-order valence-corrected chi connectivity index (χ4v) is 3.55. The van der Waals surface area contributed by atoms with Gasteiger partial charge in [-0.1, -0.05) is 36.4 Å². The smallest absolute Gasteiger partial charge is 0.235 e. The van der Waals surface area contributed by atoms with E-state index in [4.69, 9.17) is 4.74 Å². The van der Waals surface area contributed by atoms with Gasteiger partial charge in [-0.15, -0.1) is 0 Å². The van der Waals surface area contributed by atoms with Crippen molar-refractivity contribution in [1.29, 1.82) is 0 Å². The molecule has 1 saturated heterocycles. The van der Waals surface area contributed by atoms with Crippen LogP contribution in [0, 0.1) is 0 Å². The molecule has 0 saturated carbocycles. The second kappa shape index (κ2) is 5.44. The molecule has 2 aliphatic rings. The Morgan fingerprint density at radius 3 is 2.08 bits per heavy atom. The molecule has 5 rings (SSSR count).